The zero-order valence-electron chi connectivity index (χ0n) is 15.7. The van der Waals surface area contributed by atoms with Crippen LogP contribution in [0.15, 0.2) is 30.6 Å². The Hall–Kier alpha value is -2.49. The molecule has 0 spiro atoms. The number of anilines is 3. The van der Waals surface area contributed by atoms with Gasteiger partial charge in [-0.15, -0.1) is 0 Å². The van der Waals surface area contributed by atoms with Crippen molar-refractivity contribution in [1.82, 2.24) is 9.55 Å². The third-order valence-electron chi connectivity index (χ3n) is 5.18. The molecule has 3 aromatic rings. The summed E-state index contributed by atoms with van der Waals surface area (Å²) in [5, 5.41) is 4.87. The third-order valence-corrected chi connectivity index (χ3v) is 5.18. The Bertz CT molecular complexity index is 952. The molecular weight excluding hydrogens is 308 g/mol. The van der Waals surface area contributed by atoms with E-state index in [4.69, 9.17) is 0 Å². The maximum absolute atomic E-state index is 4.64. The lowest BCUT2D eigenvalue weighted by molar-refractivity contribution is 0.618. The predicted molar refractivity (Wildman–Crippen MR) is 107 cm³/mol. The van der Waals surface area contributed by atoms with E-state index in [1.165, 1.54) is 39.1 Å². The first kappa shape index (κ1) is 16.0. The SMILES string of the molecule is CC.CC(C)n1cc2c3c(ccnc31)Nc1cc3c(cc1-2)N(C)CC3. The number of benzene rings is 1. The van der Waals surface area contributed by atoms with Gasteiger partial charge in [0.15, 0.2) is 0 Å². The molecule has 1 N–H and O–H groups in total. The normalized spacial score (nSPS) is 14.1. The number of hydrogen-bond acceptors (Lipinski definition) is 3. The Balaban J connectivity index is 0.000000758. The Morgan fingerprint density at radius 2 is 1.92 bits per heavy atom. The van der Waals surface area contributed by atoms with E-state index in [0.717, 1.165) is 18.6 Å². The molecule has 0 unspecified atom stereocenters. The van der Waals surface area contributed by atoms with Crippen LogP contribution in [-0.2, 0) is 6.42 Å². The fourth-order valence-electron chi connectivity index (χ4n) is 3.95. The van der Waals surface area contributed by atoms with Crippen molar-refractivity contribution >= 4 is 28.1 Å². The molecule has 25 heavy (non-hydrogen) atoms. The highest BCUT2D eigenvalue weighted by Crippen LogP contribution is 2.47. The molecule has 0 radical (unpaired) electrons. The molecule has 2 aromatic heterocycles. The average Bonchev–Trinajstić information content (AvgIpc) is 3.18. The second-order valence-corrected chi connectivity index (χ2v) is 6.92. The summed E-state index contributed by atoms with van der Waals surface area (Å²) >= 11 is 0. The minimum absolute atomic E-state index is 0.396. The summed E-state index contributed by atoms with van der Waals surface area (Å²) in [6, 6.07) is 7.15. The monoisotopic (exact) mass is 334 g/mol. The van der Waals surface area contributed by atoms with Crippen LogP contribution in [0.25, 0.3) is 22.2 Å². The van der Waals surface area contributed by atoms with Crippen LogP contribution < -0.4 is 10.2 Å². The van der Waals surface area contributed by atoms with Crippen LogP contribution in [0.2, 0.25) is 0 Å². The molecule has 0 aliphatic carbocycles. The first-order valence-electron chi connectivity index (χ1n) is 9.28. The minimum atomic E-state index is 0.396. The van der Waals surface area contributed by atoms with E-state index in [0.29, 0.717) is 6.04 Å². The number of nitrogens with zero attached hydrogens (tertiary/aromatic N) is 3. The maximum atomic E-state index is 4.64. The molecule has 2 aliphatic rings. The molecule has 4 heterocycles. The number of likely N-dealkylation sites (N-methyl/N-ethyl adjacent to an activating group) is 1. The van der Waals surface area contributed by atoms with Crippen molar-refractivity contribution in [3.05, 3.63) is 36.2 Å². The van der Waals surface area contributed by atoms with E-state index in [1.54, 1.807) is 0 Å². The summed E-state index contributed by atoms with van der Waals surface area (Å²) in [6.45, 7) is 9.52. The van der Waals surface area contributed by atoms with Crippen molar-refractivity contribution in [3.63, 3.8) is 0 Å². The topological polar surface area (TPSA) is 33.1 Å². The Morgan fingerprint density at radius 1 is 1.12 bits per heavy atom. The average molecular weight is 334 g/mol. The van der Waals surface area contributed by atoms with Gasteiger partial charge in [-0.05, 0) is 44.0 Å². The number of nitrogens with one attached hydrogen (secondary N) is 1. The molecule has 0 atom stereocenters. The molecule has 0 amide bonds. The zero-order valence-corrected chi connectivity index (χ0v) is 15.7. The molecular formula is C21H26N4. The number of hydrogen-bond donors (Lipinski definition) is 1. The van der Waals surface area contributed by atoms with E-state index < -0.39 is 0 Å². The van der Waals surface area contributed by atoms with E-state index in [9.17, 15) is 0 Å². The lowest BCUT2D eigenvalue weighted by Gasteiger charge is -2.21. The van der Waals surface area contributed by atoms with Crippen LogP contribution in [0.1, 0.15) is 39.3 Å². The molecule has 0 saturated carbocycles. The number of rotatable bonds is 1. The highest BCUT2D eigenvalue weighted by Gasteiger charge is 2.26. The quantitative estimate of drug-likeness (QED) is 0.509. The molecule has 130 valence electrons. The molecule has 4 nitrogen and oxygen atoms in total. The summed E-state index contributed by atoms with van der Waals surface area (Å²) in [5.74, 6) is 0. The van der Waals surface area contributed by atoms with Gasteiger partial charge < -0.3 is 14.8 Å². The standard InChI is InChI=1S/C19H20N4.C2H6/c1-11(2)23-10-14-13-9-17-12(5-7-22(17)3)8-16(13)21-15-4-6-20-19(23)18(14)15;1-2/h4,6,8-11,21H,5,7H2,1-3H3;1-2H3. The largest absolute Gasteiger partial charge is 0.374 e. The van der Waals surface area contributed by atoms with Gasteiger partial charge in [0.2, 0.25) is 0 Å². The van der Waals surface area contributed by atoms with Crippen molar-refractivity contribution in [1.29, 1.82) is 0 Å². The summed E-state index contributed by atoms with van der Waals surface area (Å²) in [7, 11) is 2.18. The van der Waals surface area contributed by atoms with Gasteiger partial charge in [0.1, 0.15) is 5.65 Å². The summed E-state index contributed by atoms with van der Waals surface area (Å²) in [4.78, 5) is 6.99. The number of aromatic nitrogens is 2. The van der Waals surface area contributed by atoms with Crippen molar-refractivity contribution in [2.45, 2.75) is 40.2 Å². The lowest BCUT2D eigenvalue weighted by Crippen LogP contribution is -2.12. The van der Waals surface area contributed by atoms with Gasteiger partial charge in [-0.2, -0.15) is 0 Å². The van der Waals surface area contributed by atoms with Crippen LogP contribution >= 0.6 is 0 Å². The predicted octanol–water partition coefficient (Wildman–Crippen LogP) is 5.36. The lowest BCUT2D eigenvalue weighted by atomic mass is 9.96. The van der Waals surface area contributed by atoms with Gasteiger partial charge in [-0.3, -0.25) is 0 Å². The van der Waals surface area contributed by atoms with Gasteiger partial charge in [0.25, 0.3) is 0 Å². The molecule has 4 heteroatoms. The second-order valence-electron chi connectivity index (χ2n) is 6.92. The smallest absolute Gasteiger partial charge is 0.142 e. The van der Waals surface area contributed by atoms with E-state index >= 15 is 0 Å². The summed E-state index contributed by atoms with van der Waals surface area (Å²) in [6.07, 6.45) is 5.30. The second kappa shape index (κ2) is 5.80. The van der Waals surface area contributed by atoms with E-state index in [1.807, 2.05) is 20.0 Å². The fourth-order valence-corrected chi connectivity index (χ4v) is 3.95. The zero-order chi connectivity index (χ0) is 17.7. The molecule has 0 bridgehead atoms. The minimum Gasteiger partial charge on any atom is -0.374 e. The molecule has 1 aromatic carbocycles. The van der Waals surface area contributed by atoms with Crippen molar-refractivity contribution in [3.8, 4) is 11.1 Å². The first-order chi connectivity index (χ1) is 12.1. The van der Waals surface area contributed by atoms with Gasteiger partial charge in [0, 0.05) is 54.5 Å². The van der Waals surface area contributed by atoms with Gasteiger partial charge in [0.05, 0.1) is 11.1 Å². The van der Waals surface area contributed by atoms with Crippen molar-refractivity contribution < 1.29 is 0 Å². The molecule has 0 saturated heterocycles. The van der Waals surface area contributed by atoms with E-state index in [-0.39, 0.29) is 0 Å². The van der Waals surface area contributed by atoms with Crippen LogP contribution in [0.4, 0.5) is 17.1 Å². The van der Waals surface area contributed by atoms with Gasteiger partial charge >= 0.3 is 0 Å². The van der Waals surface area contributed by atoms with E-state index in [2.05, 4.69) is 65.1 Å². The number of pyridine rings is 1. The van der Waals surface area contributed by atoms with Crippen LogP contribution in [-0.4, -0.2) is 23.1 Å². The van der Waals surface area contributed by atoms with Crippen LogP contribution in [0.3, 0.4) is 0 Å². The highest BCUT2D eigenvalue weighted by atomic mass is 15.1. The third kappa shape index (κ3) is 2.24. The summed E-state index contributed by atoms with van der Waals surface area (Å²) < 4.78 is 2.28. The first-order valence-corrected chi connectivity index (χ1v) is 9.28. The van der Waals surface area contributed by atoms with Gasteiger partial charge in [-0.1, -0.05) is 13.8 Å². The molecule has 2 aliphatic heterocycles. The van der Waals surface area contributed by atoms with Crippen molar-refractivity contribution in [2.75, 3.05) is 23.8 Å². The van der Waals surface area contributed by atoms with Crippen LogP contribution in [0, 0.1) is 0 Å². The Morgan fingerprint density at radius 3 is 2.68 bits per heavy atom. The number of fused-ring (bicyclic) bond motifs is 3. The Labute approximate surface area is 149 Å². The molecule has 5 rings (SSSR count). The highest BCUT2D eigenvalue weighted by molar-refractivity contribution is 6.10. The maximum Gasteiger partial charge on any atom is 0.142 e. The fraction of sp³-hybridized carbons (Fsp3) is 0.381. The van der Waals surface area contributed by atoms with Crippen molar-refractivity contribution in [2.24, 2.45) is 0 Å². The van der Waals surface area contributed by atoms with Crippen LogP contribution in [0.5, 0.6) is 0 Å². The molecule has 0 fully saturated rings. The van der Waals surface area contributed by atoms with Gasteiger partial charge in [-0.25, -0.2) is 4.98 Å². The Kier molecular flexibility index (Phi) is 3.71. The summed E-state index contributed by atoms with van der Waals surface area (Å²) in [5.41, 5.74) is 8.86.